The largest absolute Gasteiger partial charge is 0.373 e. The number of nitrogens with zero attached hydrogens (tertiary/aromatic N) is 2. The zero-order valence-electron chi connectivity index (χ0n) is 20.6. The third-order valence-electron chi connectivity index (χ3n) is 8.95. The monoisotopic (exact) mass is 463 g/mol. The number of hydrogen-bond donors (Lipinski definition) is 1. The van der Waals surface area contributed by atoms with E-state index < -0.39 is 0 Å². The minimum atomic E-state index is -0.133. The van der Waals surface area contributed by atoms with Crippen molar-refractivity contribution in [3.8, 4) is 0 Å². The van der Waals surface area contributed by atoms with Crippen molar-refractivity contribution in [3.63, 3.8) is 0 Å². The molecule has 6 heteroatoms. The van der Waals surface area contributed by atoms with E-state index in [0.717, 1.165) is 56.8 Å². The molecule has 2 atom stereocenters. The molecule has 1 amide bonds. The molecule has 4 fully saturated rings. The first kappa shape index (κ1) is 22.3. The van der Waals surface area contributed by atoms with E-state index in [1.165, 1.54) is 25.7 Å². The summed E-state index contributed by atoms with van der Waals surface area (Å²) in [6, 6.07) is 5.26. The van der Waals surface area contributed by atoms with E-state index in [2.05, 4.69) is 19.2 Å². The van der Waals surface area contributed by atoms with Crippen LogP contribution in [0.15, 0.2) is 23.0 Å². The van der Waals surface area contributed by atoms with Crippen LogP contribution in [0.3, 0.4) is 0 Å². The van der Waals surface area contributed by atoms with Crippen LogP contribution in [-0.2, 0) is 17.7 Å². The van der Waals surface area contributed by atoms with E-state index >= 15 is 0 Å². The Morgan fingerprint density at radius 1 is 1.12 bits per heavy atom. The second-order valence-electron chi connectivity index (χ2n) is 12.4. The standard InChI is InChI=1S/C28H37N3O3/c1-26-13-19-14-27(2,16-26)18-28(15-19,17-26)34-11-9-29-24(32)20-7-8-21-22(12-20)30-23-6-4-3-5-10-31(23)25(21)33/h7-8,12,19H,3-6,9-11,13-18H2,1-2H3,(H,29,32). The van der Waals surface area contributed by atoms with Crippen LogP contribution in [0.4, 0.5) is 0 Å². The summed E-state index contributed by atoms with van der Waals surface area (Å²) >= 11 is 0. The summed E-state index contributed by atoms with van der Waals surface area (Å²) in [5.74, 6) is 1.51. The highest BCUT2D eigenvalue weighted by molar-refractivity contribution is 5.97. The molecule has 4 bridgehead atoms. The smallest absolute Gasteiger partial charge is 0.261 e. The summed E-state index contributed by atoms with van der Waals surface area (Å²) in [7, 11) is 0. The van der Waals surface area contributed by atoms with E-state index in [0.29, 0.717) is 40.4 Å². The molecule has 1 aliphatic heterocycles. The summed E-state index contributed by atoms with van der Waals surface area (Å²) in [6.07, 6.45) is 11.6. The average Bonchev–Trinajstić information content (AvgIpc) is 2.99. The zero-order chi connectivity index (χ0) is 23.6. The van der Waals surface area contributed by atoms with Gasteiger partial charge in [0.05, 0.1) is 23.1 Å². The molecule has 0 radical (unpaired) electrons. The van der Waals surface area contributed by atoms with Crippen LogP contribution in [0, 0.1) is 16.7 Å². The number of carbonyl (C=O) groups excluding carboxylic acids is 1. The van der Waals surface area contributed by atoms with Gasteiger partial charge in [0, 0.05) is 25.1 Å². The second-order valence-corrected chi connectivity index (χ2v) is 12.4. The number of aryl methyl sites for hydroxylation is 1. The van der Waals surface area contributed by atoms with Gasteiger partial charge in [-0.05, 0) is 86.3 Å². The molecule has 0 spiro atoms. The second kappa shape index (κ2) is 7.91. The number of hydrogen-bond acceptors (Lipinski definition) is 4. The van der Waals surface area contributed by atoms with Crippen LogP contribution in [0.2, 0.25) is 0 Å². The summed E-state index contributed by atoms with van der Waals surface area (Å²) in [5.41, 5.74) is 2.03. The number of nitrogens with one attached hydrogen (secondary N) is 1. The molecule has 1 N–H and O–H groups in total. The van der Waals surface area contributed by atoms with Gasteiger partial charge in [-0.2, -0.15) is 0 Å². The van der Waals surface area contributed by atoms with Crippen molar-refractivity contribution in [2.24, 2.45) is 16.7 Å². The van der Waals surface area contributed by atoms with Crippen molar-refractivity contribution in [3.05, 3.63) is 39.9 Å². The van der Waals surface area contributed by atoms with Crippen LogP contribution in [-0.4, -0.2) is 34.2 Å². The van der Waals surface area contributed by atoms with Gasteiger partial charge in [0.15, 0.2) is 0 Å². The normalized spacial score (nSPS) is 34.1. The van der Waals surface area contributed by atoms with Crippen LogP contribution in [0.1, 0.15) is 87.8 Å². The van der Waals surface area contributed by atoms with Gasteiger partial charge in [-0.15, -0.1) is 0 Å². The topological polar surface area (TPSA) is 73.2 Å². The number of rotatable bonds is 5. The van der Waals surface area contributed by atoms with Crippen molar-refractivity contribution in [2.75, 3.05) is 13.2 Å². The average molecular weight is 464 g/mol. The molecule has 1 aromatic heterocycles. The molecule has 4 aliphatic carbocycles. The molecule has 2 aromatic rings. The van der Waals surface area contributed by atoms with Crippen molar-refractivity contribution in [1.82, 2.24) is 14.9 Å². The number of benzene rings is 1. The number of amides is 1. The van der Waals surface area contributed by atoms with E-state index in [4.69, 9.17) is 9.72 Å². The van der Waals surface area contributed by atoms with Gasteiger partial charge in [-0.3, -0.25) is 14.2 Å². The van der Waals surface area contributed by atoms with Gasteiger partial charge >= 0.3 is 0 Å². The molecule has 2 heterocycles. The Bertz CT molecular complexity index is 1180. The first-order valence-corrected chi connectivity index (χ1v) is 13.2. The number of carbonyl (C=O) groups is 1. The lowest BCUT2D eigenvalue weighted by Crippen LogP contribution is -2.59. The maximum Gasteiger partial charge on any atom is 0.261 e. The van der Waals surface area contributed by atoms with Gasteiger partial charge in [0.1, 0.15) is 5.82 Å². The summed E-state index contributed by atoms with van der Waals surface area (Å²) in [6.45, 7) is 6.68. The number of aromatic nitrogens is 2. The van der Waals surface area contributed by atoms with Crippen molar-refractivity contribution >= 4 is 16.8 Å². The molecule has 6 nitrogen and oxygen atoms in total. The number of fused-ring (bicyclic) bond motifs is 2. The van der Waals surface area contributed by atoms with Crippen molar-refractivity contribution < 1.29 is 9.53 Å². The molecule has 5 aliphatic rings. The Hall–Kier alpha value is -2.21. The molecule has 7 rings (SSSR count). The van der Waals surface area contributed by atoms with Crippen LogP contribution < -0.4 is 10.9 Å². The summed E-state index contributed by atoms with van der Waals surface area (Å²) in [5, 5.41) is 3.62. The van der Waals surface area contributed by atoms with Gasteiger partial charge < -0.3 is 10.1 Å². The minimum Gasteiger partial charge on any atom is -0.373 e. The maximum atomic E-state index is 12.9. The third-order valence-corrected chi connectivity index (χ3v) is 8.95. The fourth-order valence-electron chi connectivity index (χ4n) is 8.60. The van der Waals surface area contributed by atoms with Gasteiger partial charge in [-0.1, -0.05) is 20.3 Å². The Labute approximate surface area is 201 Å². The lowest BCUT2D eigenvalue weighted by molar-refractivity contribution is -0.213. The molecule has 1 aromatic carbocycles. The molecule has 2 unspecified atom stereocenters. The van der Waals surface area contributed by atoms with Crippen LogP contribution in [0.5, 0.6) is 0 Å². The van der Waals surface area contributed by atoms with Crippen LogP contribution >= 0.6 is 0 Å². The fourth-order valence-corrected chi connectivity index (χ4v) is 8.60. The Morgan fingerprint density at radius 3 is 2.68 bits per heavy atom. The highest BCUT2D eigenvalue weighted by Crippen LogP contribution is 2.67. The summed E-state index contributed by atoms with van der Waals surface area (Å²) in [4.78, 5) is 30.5. The van der Waals surface area contributed by atoms with E-state index in [1.54, 1.807) is 18.2 Å². The highest BCUT2D eigenvalue weighted by Gasteiger charge is 2.60. The Balaban J connectivity index is 1.11. The minimum absolute atomic E-state index is 0.000509. The Morgan fingerprint density at radius 2 is 1.91 bits per heavy atom. The van der Waals surface area contributed by atoms with Gasteiger partial charge in [-0.25, -0.2) is 4.98 Å². The van der Waals surface area contributed by atoms with E-state index in [9.17, 15) is 9.59 Å². The molecule has 4 saturated carbocycles. The fraction of sp³-hybridized carbons (Fsp3) is 0.679. The van der Waals surface area contributed by atoms with E-state index in [-0.39, 0.29) is 17.1 Å². The molecular formula is C28H37N3O3. The molecule has 0 saturated heterocycles. The molecule has 34 heavy (non-hydrogen) atoms. The van der Waals surface area contributed by atoms with Gasteiger partial charge in [0.2, 0.25) is 0 Å². The molecule has 182 valence electrons. The van der Waals surface area contributed by atoms with Crippen molar-refractivity contribution in [1.29, 1.82) is 0 Å². The lowest BCUT2D eigenvalue weighted by atomic mass is 9.43. The van der Waals surface area contributed by atoms with E-state index in [1.807, 2.05) is 4.57 Å². The van der Waals surface area contributed by atoms with Crippen LogP contribution in [0.25, 0.3) is 10.9 Å². The highest BCUT2D eigenvalue weighted by atomic mass is 16.5. The molecular weight excluding hydrogens is 426 g/mol. The zero-order valence-corrected chi connectivity index (χ0v) is 20.6. The quantitative estimate of drug-likeness (QED) is 0.657. The maximum absolute atomic E-state index is 12.9. The van der Waals surface area contributed by atoms with Gasteiger partial charge in [0.25, 0.3) is 11.5 Å². The first-order chi connectivity index (χ1) is 16.3. The third kappa shape index (κ3) is 3.88. The predicted molar refractivity (Wildman–Crippen MR) is 132 cm³/mol. The Kier molecular flexibility index (Phi) is 5.18. The summed E-state index contributed by atoms with van der Waals surface area (Å²) < 4.78 is 8.37. The van der Waals surface area contributed by atoms with Crippen molar-refractivity contribution in [2.45, 2.75) is 90.2 Å². The first-order valence-electron chi connectivity index (χ1n) is 13.2. The number of ether oxygens (including phenoxy) is 1. The predicted octanol–water partition coefficient (Wildman–Crippen LogP) is 4.62. The lowest BCUT2D eigenvalue weighted by Gasteiger charge is -2.65. The SMILES string of the molecule is CC12CC3CC(C)(C1)CC(OCCNC(=O)c1ccc4c(=O)n5c(nc4c1)CCCCC5)(C3)C2.